The molecule has 0 aromatic rings. The topological polar surface area (TPSA) is 46.2 Å². The molecule has 4 heteroatoms. The van der Waals surface area contributed by atoms with Gasteiger partial charge in [0.15, 0.2) is 0 Å². The molecular formula is C9H21NO2S. The molecule has 0 saturated carbocycles. The Morgan fingerprint density at radius 2 is 1.77 bits per heavy atom. The van der Waals surface area contributed by atoms with Gasteiger partial charge in [0.25, 0.3) is 0 Å². The average molecular weight is 207 g/mol. The number of hydrogen-bond donors (Lipinski definition) is 1. The standard InChI is InChI=1S/C9H21NO2S/c1-8(2)10-7-9(3)5-6-13(4,11)12/h8-10H,5-7H2,1-4H3. The van der Waals surface area contributed by atoms with Crippen LogP contribution in [0.5, 0.6) is 0 Å². The summed E-state index contributed by atoms with van der Waals surface area (Å²) in [5, 5.41) is 3.29. The van der Waals surface area contributed by atoms with Crippen LogP contribution >= 0.6 is 0 Å². The maximum absolute atomic E-state index is 10.9. The molecule has 0 aliphatic heterocycles. The van der Waals surface area contributed by atoms with Crippen LogP contribution < -0.4 is 5.32 Å². The lowest BCUT2D eigenvalue weighted by Crippen LogP contribution is -2.28. The maximum Gasteiger partial charge on any atom is 0.147 e. The van der Waals surface area contributed by atoms with E-state index in [0.717, 1.165) is 13.0 Å². The van der Waals surface area contributed by atoms with Gasteiger partial charge in [0.2, 0.25) is 0 Å². The zero-order valence-corrected chi connectivity index (χ0v) is 9.82. The third-order valence-electron chi connectivity index (χ3n) is 1.86. The molecule has 0 saturated heterocycles. The predicted molar refractivity (Wildman–Crippen MR) is 56.6 cm³/mol. The molecule has 0 fully saturated rings. The lowest BCUT2D eigenvalue weighted by Gasteiger charge is -2.13. The zero-order chi connectivity index (χ0) is 10.5. The lowest BCUT2D eigenvalue weighted by atomic mass is 10.1. The lowest BCUT2D eigenvalue weighted by molar-refractivity contribution is 0.466. The summed E-state index contributed by atoms with van der Waals surface area (Å²) in [6, 6.07) is 0.473. The second-order valence-corrected chi connectivity index (χ2v) is 6.35. The Kier molecular flexibility index (Phi) is 5.56. The van der Waals surface area contributed by atoms with Gasteiger partial charge in [-0.1, -0.05) is 20.8 Å². The van der Waals surface area contributed by atoms with Crippen LogP contribution in [0.25, 0.3) is 0 Å². The van der Waals surface area contributed by atoms with Gasteiger partial charge < -0.3 is 5.32 Å². The molecule has 0 aromatic heterocycles. The molecule has 0 aliphatic carbocycles. The summed E-state index contributed by atoms with van der Waals surface area (Å²) in [7, 11) is -2.79. The first-order valence-electron chi connectivity index (χ1n) is 4.72. The molecule has 13 heavy (non-hydrogen) atoms. The highest BCUT2D eigenvalue weighted by molar-refractivity contribution is 7.90. The van der Waals surface area contributed by atoms with Crippen LogP contribution in [0.15, 0.2) is 0 Å². The largest absolute Gasteiger partial charge is 0.314 e. The van der Waals surface area contributed by atoms with E-state index in [-0.39, 0.29) is 0 Å². The fourth-order valence-electron chi connectivity index (χ4n) is 0.954. The minimum Gasteiger partial charge on any atom is -0.314 e. The van der Waals surface area contributed by atoms with Gasteiger partial charge in [0.1, 0.15) is 9.84 Å². The summed E-state index contributed by atoms with van der Waals surface area (Å²) in [4.78, 5) is 0. The predicted octanol–water partition coefficient (Wildman–Crippen LogP) is 1.06. The molecule has 0 aliphatic rings. The third kappa shape index (κ3) is 9.83. The average Bonchev–Trinajstić information content (AvgIpc) is 1.95. The van der Waals surface area contributed by atoms with Crippen molar-refractivity contribution in [3.8, 4) is 0 Å². The highest BCUT2D eigenvalue weighted by Gasteiger charge is 2.07. The van der Waals surface area contributed by atoms with Gasteiger partial charge in [-0.3, -0.25) is 0 Å². The van der Waals surface area contributed by atoms with Gasteiger partial charge in [-0.05, 0) is 18.9 Å². The van der Waals surface area contributed by atoms with Crippen molar-refractivity contribution in [3.05, 3.63) is 0 Å². The number of rotatable bonds is 6. The number of nitrogens with one attached hydrogen (secondary N) is 1. The fourth-order valence-corrected chi connectivity index (χ4v) is 1.78. The van der Waals surface area contributed by atoms with E-state index in [9.17, 15) is 8.42 Å². The van der Waals surface area contributed by atoms with E-state index < -0.39 is 9.84 Å². The Hall–Kier alpha value is -0.0900. The van der Waals surface area contributed by atoms with Crippen molar-refractivity contribution < 1.29 is 8.42 Å². The molecule has 0 heterocycles. The van der Waals surface area contributed by atoms with E-state index >= 15 is 0 Å². The number of hydrogen-bond acceptors (Lipinski definition) is 3. The molecule has 1 atom stereocenters. The smallest absolute Gasteiger partial charge is 0.147 e. The van der Waals surface area contributed by atoms with Crippen LogP contribution in [0.1, 0.15) is 27.2 Å². The molecule has 0 spiro atoms. The molecule has 0 rings (SSSR count). The Labute approximate surface area is 81.8 Å². The Bertz CT molecular complexity index is 222. The molecule has 0 bridgehead atoms. The van der Waals surface area contributed by atoms with Crippen LogP contribution in [0.2, 0.25) is 0 Å². The van der Waals surface area contributed by atoms with Crippen LogP contribution in [-0.2, 0) is 9.84 Å². The monoisotopic (exact) mass is 207 g/mol. The molecule has 80 valence electrons. The van der Waals surface area contributed by atoms with Crippen LogP contribution in [0.4, 0.5) is 0 Å². The first kappa shape index (κ1) is 12.9. The summed E-state index contributed by atoms with van der Waals surface area (Å²) in [5.74, 6) is 0.727. The van der Waals surface area contributed by atoms with Crippen molar-refractivity contribution in [1.82, 2.24) is 5.32 Å². The minimum absolute atomic E-state index is 0.300. The Balaban J connectivity index is 3.58. The van der Waals surface area contributed by atoms with E-state index in [2.05, 4.69) is 26.1 Å². The summed E-state index contributed by atoms with van der Waals surface area (Å²) in [6.45, 7) is 7.14. The molecule has 0 aromatic carbocycles. The van der Waals surface area contributed by atoms with E-state index in [4.69, 9.17) is 0 Å². The van der Waals surface area contributed by atoms with Crippen LogP contribution in [0.3, 0.4) is 0 Å². The molecular weight excluding hydrogens is 186 g/mol. The molecule has 1 unspecified atom stereocenters. The van der Waals surface area contributed by atoms with Crippen molar-refractivity contribution in [2.45, 2.75) is 33.2 Å². The Morgan fingerprint density at radius 1 is 1.23 bits per heavy atom. The summed E-state index contributed by atoms with van der Waals surface area (Å²) < 4.78 is 21.7. The fraction of sp³-hybridized carbons (Fsp3) is 1.00. The second kappa shape index (κ2) is 5.60. The Morgan fingerprint density at radius 3 is 2.15 bits per heavy atom. The van der Waals surface area contributed by atoms with Gasteiger partial charge >= 0.3 is 0 Å². The van der Waals surface area contributed by atoms with Crippen molar-refractivity contribution in [1.29, 1.82) is 0 Å². The molecule has 3 nitrogen and oxygen atoms in total. The molecule has 0 amide bonds. The van der Waals surface area contributed by atoms with Crippen molar-refractivity contribution in [2.24, 2.45) is 5.92 Å². The van der Waals surface area contributed by atoms with E-state index in [1.807, 2.05) is 0 Å². The summed E-state index contributed by atoms with van der Waals surface area (Å²) in [5.41, 5.74) is 0. The summed E-state index contributed by atoms with van der Waals surface area (Å²) >= 11 is 0. The van der Waals surface area contributed by atoms with E-state index in [0.29, 0.717) is 17.7 Å². The molecule has 1 N–H and O–H groups in total. The van der Waals surface area contributed by atoms with E-state index in [1.54, 1.807) is 0 Å². The number of sulfone groups is 1. The SMILES string of the molecule is CC(CCS(C)(=O)=O)CNC(C)C. The van der Waals surface area contributed by atoms with Gasteiger partial charge in [-0.2, -0.15) is 0 Å². The quantitative estimate of drug-likeness (QED) is 0.708. The van der Waals surface area contributed by atoms with Gasteiger partial charge in [0.05, 0.1) is 5.75 Å². The third-order valence-corrected chi connectivity index (χ3v) is 2.83. The zero-order valence-electron chi connectivity index (χ0n) is 9.00. The van der Waals surface area contributed by atoms with Crippen LogP contribution in [0, 0.1) is 5.92 Å². The van der Waals surface area contributed by atoms with Crippen LogP contribution in [-0.4, -0.2) is 33.0 Å². The maximum atomic E-state index is 10.9. The van der Waals surface area contributed by atoms with Crippen molar-refractivity contribution in [3.63, 3.8) is 0 Å². The van der Waals surface area contributed by atoms with Crippen molar-refractivity contribution >= 4 is 9.84 Å². The van der Waals surface area contributed by atoms with Gasteiger partial charge in [-0.25, -0.2) is 8.42 Å². The highest BCUT2D eigenvalue weighted by atomic mass is 32.2. The van der Waals surface area contributed by atoms with Gasteiger partial charge in [-0.15, -0.1) is 0 Å². The normalized spacial score (nSPS) is 14.8. The first-order valence-corrected chi connectivity index (χ1v) is 6.78. The van der Waals surface area contributed by atoms with E-state index in [1.165, 1.54) is 6.26 Å². The first-order chi connectivity index (χ1) is 5.81. The molecule has 0 radical (unpaired) electrons. The second-order valence-electron chi connectivity index (χ2n) is 4.09. The minimum atomic E-state index is -2.79. The summed E-state index contributed by atoms with van der Waals surface area (Å²) in [6.07, 6.45) is 2.04. The van der Waals surface area contributed by atoms with Gasteiger partial charge in [0, 0.05) is 12.3 Å². The highest BCUT2D eigenvalue weighted by Crippen LogP contribution is 2.02. The van der Waals surface area contributed by atoms with Crippen molar-refractivity contribution in [2.75, 3.05) is 18.6 Å².